The van der Waals surface area contributed by atoms with E-state index in [9.17, 15) is 13.2 Å². The first-order chi connectivity index (χ1) is 11.4. The number of amides is 1. The van der Waals surface area contributed by atoms with Crippen molar-refractivity contribution in [3.05, 3.63) is 29.8 Å². The molecule has 2 rings (SSSR count). The normalized spacial score (nSPS) is 17.0. The number of aryl methyl sites for hydroxylation is 1. The van der Waals surface area contributed by atoms with Gasteiger partial charge >= 0.3 is 0 Å². The van der Waals surface area contributed by atoms with Crippen LogP contribution in [0.2, 0.25) is 0 Å². The zero-order chi connectivity index (χ0) is 17.7. The molecule has 6 heteroatoms. The summed E-state index contributed by atoms with van der Waals surface area (Å²) in [6, 6.07) is 7.05. The molecule has 0 aromatic heterocycles. The van der Waals surface area contributed by atoms with Crippen LogP contribution in [0, 0.1) is 12.8 Å². The van der Waals surface area contributed by atoms with Gasteiger partial charge in [0.15, 0.2) is 0 Å². The Hall–Kier alpha value is -1.40. The highest BCUT2D eigenvalue weighted by atomic mass is 32.2. The van der Waals surface area contributed by atoms with Crippen LogP contribution in [0.15, 0.2) is 29.2 Å². The van der Waals surface area contributed by atoms with Gasteiger partial charge < -0.3 is 4.90 Å². The minimum absolute atomic E-state index is 0.0600. The molecule has 1 aromatic rings. The predicted octanol–water partition coefficient (Wildman–Crippen LogP) is 2.65. The Morgan fingerprint density at radius 1 is 1.25 bits per heavy atom. The van der Waals surface area contributed by atoms with Gasteiger partial charge in [0.1, 0.15) is 0 Å². The molecule has 1 aliphatic rings. The van der Waals surface area contributed by atoms with Crippen molar-refractivity contribution in [1.82, 2.24) is 9.21 Å². The molecule has 0 radical (unpaired) electrons. The molecule has 1 saturated heterocycles. The van der Waals surface area contributed by atoms with Crippen LogP contribution in [0.5, 0.6) is 0 Å². The van der Waals surface area contributed by atoms with Crippen molar-refractivity contribution in [3.8, 4) is 0 Å². The van der Waals surface area contributed by atoms with Gasteiger partial charge in [-0.25, -0.2) is 8.42 Å². The number of carbonyl (C=O) groups is 1. The lowest BCUT2D eigenvalue weighted by atomic mass is 9.96. The summed E-state index contributed by atoms with van der Waals surface area (Å²) in [7, 11) is -1.63. The second-order valence-electron chi connectivity index (χ2n) is 6.56. The minimum atomic E-state index is -3.47. The SMILES string of the molecule is CCCCN(C)C(=O)C1CCN(S(=O)(=O)c2ccccc2C)CC1. The first kappa shape index (κ1) is 18.9. The summed E-state index contributed by atoms with van der Waals surface area (Å²) in [6.07, 6.45) is 3.26. The molecule has 0 atom stereocenters. The molecule has 0 N–H and O–H groups in total. The van der Waals surface area contributed by atoms with E-state index >= 15 is 0 Å². The van der Waals surface area contributed by atoms with Crippen molar-refractivity contribution >= 4 is 15.9 Å². The Morgan fingerprint density at radius 2 is 1.88 bits per heavy atom. The average molecular weight is 353 g/mol. The van der Waals surface area contributed by atoms with Crippen LogP contribution in [0.1, 0.15) is 38.2 Å². The van der Waals surface area contributed by atoms with Crippen molar-refractivity contribution in [3.63, 3.8) is 0 Å². The first-order valence-electron chi connectivity index (χ1n) is 8.68. The number of benzene rings is 1. The number of hydrogen-bond donors (Lipinski definition) is 0. The van der Waals surface area contributed by atoms with Crippen LogP contribution in [0.4, 0.5) is 0 Å². The number of rotatable bonds is 6. The molecule has 134 valence electrons. The van der Waals surface area contributed by atoms with Gasteiger partial charge in [0.05, 0.1) is 4.90 Å². The minimum Gasteiger partial charge on any atom is -0.346 e. The highest BCUT2D eigenvalue weighted by Crippen LogP contribution is 2.26. The number of hydrogen-bond acceptors (Lipinski definition) is 3. The lowest BCUT2D eigenvalue weighted by Gasteiger charge is -2.32. The van der Waals surface area contributed by atoms with Crippen LogP contribution in [0.3, 0.4) is 0 Å². The molecule has 0 saturated carbocycles. The zero-order valence-corrected chi connectivity index (χ0v) is 15.7. The topological polar surface area (TPSA) is 57.7 Å². The summed E-state index contributed by atoms with van der Waals surface area (Å²) >= 11 is 0. The summed E-state index contributed by atoms with van der Waals surface area (Å²) in [6.45, 7) is 5.51. The molecular formula is C18H28N2O3S. The maximum atomic E-state index is 12.8. The van der Waals surface area contributed by atoms with E-state index in [1.54, 1.807) is 17.0 Å². The summed E-state index contributed by atoms with van der Waals surface area (Å²) in [4.78, 5) is 14.6. The van der Waals surface area contributed by atoms with Crippen LogP contribution >= 0.6 is 0 Å². The molecule has 0 spiro atoms. The number of carbonyl (C=O) groups excluding carboxylic acids is 1. The molecule has 1 amide bonds. The van der Waals surface area contributed by atoms with E-state index < -0.39 is 10.0 Å². The number of sulfonamides is 1. The van der Waals surface area contributed by atoms with Crippen LogP contribution < -0.4 is 0 Å². The molecule has 1 aliphatic heterocycles. The third kappa shape index (κ3) is 4.16. The van der Waals surface area contributed by atoms with Crippen molar-refractivity contribution in [2.45, 2.75) is 44.4 Å². The molecule has 5 nitrogen and oxygen atoms in total. The van der Waals surface area contributed by atoms with E-state index in [0.29, 0.717) is 30.8 Å². The Labute approximate surface area is 145 Å². The molecule has 1 fully saturated rings. The fourth-order valence-electron chi connectivity index (χ4n) is 3.15. The van der Waals surface area contributed by atoms with E-state index in [1.165, 1.54) is 4.31 Å². The third-order valence-corrected chi connectivity index (χ3v) is 6.80. The summed E-state index contributed by atoms with van der Waals surface area (Å²) in [5, 5.41) is 0. The summed E-state index contributed by atoms with van der Waals surface area (Å²) in [5.41, 5.74) is 0.759. The van der Waals surface area contributed by atoms with Crippen molar-refractivity contribution in [2.75, 3.05) is 26.7 Å². The van der Waals surface area contributed by atoms with Gasteiger partial charge in [-0.3, -0.25) is 4.79 Å². The van der Waals surface area contributed by atoms with Crippen LogP contribution in [0.25, 0.3) is 0 Å². The Kier molecular flexibility index (Phi) is 6.40. The van der Waals surface area contributed by atoms with Crippen molar-refractivity contribution in [1.29, 1.82) is 0 Å². The van der Waals surface area contributed by atoms with E-state index in [4.69, 9.17) is 0 Å². The lowest BCUT2D eigenvalue weighted by Crippen LogP contribution is -2.43. The molecule has 24 heavy (non-hydrogen) atoms. The Balaban J connectivity index is 2.00. The highest BCUT2D eigenvalue weighted by Gasteiger charge is 2.33. The van der Waals surface area contributed by atoms with Gasteiger partial charge in [-0.05, 0) is 37.8 Å². The molecule has 1 aromatic carbocycles. The first-order valence-corrected chi connectivity index (χ1v) is 10.1. The predicted molar refractivity (Wildman–Crippen MR) is 95.2 cm³/mol. The standard InChI is InChI=1S/C18H28N2O3S/c1-4-5-12-19(3)18(21)16-10-13-20(14-11-16)24(22,23)17-9-7-6-8-15(17)2/h6-9,16H,4-5,10-14H2,1-3H3. The van der Waals surface area contributed by atoms with Crippen LogP contribution in [-0.4, -0.2) is 50.2 Å². The largest absolute Gasteiger partial charge is 0.346 e. The Morgan fingerprint density at radius 3 is 2.46 bits per heavy atom. The molecule has 0 unspecified atom stereocenters. The molecular weight excluding hydrogens is 324 g/mol. The smallest absolute Gasteiger partial charge is 0.243 e. The summed E-state index contributed by atoms with van der Waals surface area (Å²) < 4.78 is 27.1. The molecule has 1 heterocycles. The Bertz CT molecular complexity index is 665. The zero-order valence-electron chi connectivity index (χ0n) is 14.9. The van der Waals surface area contributed by atoms with E-state index in [2.05, 4.69) is 6.92 Å². The van der Waals surface area contributed by atoms with Crippen LogP contribution in [-0.2, 0) is 14.8 Å². The molecule has 0 aliphatic carbocycles. The van der Waals surface area contributed by atoms with Crippen molar-refractivity contribution < 1.29 is 13.2 Å². The van der Waals surface area contributed by atoms with E-state index in [-0.39, 0.29) is 11.8 Å². The third-order valence-electron chi connectivity index (χ3n) is 4.74. The van der Waals surface area contributed by atoms with Gasteiger partial charge in [-0.1, -0.05) is 31.5 Å². The maximum Gasteiger partial charge on any atom is 0.243 e. The average Bonchev–Trinajstić information content (AvgIpc) is 2.59. The lowest BCUT2D eigenvalue weighted by molar-refractivity contribution is -0.135. The van der Waals surface area contributed by atoms with Gasteiger partial charge in [-0.2, -0.15) is 4.31 Å². The molecule has 0 bridgehead atoms. The highest BCUT2D eigenvalue weighted by molar-refractivity contribution is 7.89. The van der Waals surface area contributed by atoms with Gasteiger partial charge in [-0.15, -0.1) is 0 Å². The fraction of sp³-hybridized carbons (Fsp3) is 0.611. The van der Waals surface area contributed by atoms with E-state index in [1.807, 2.05) is 26.1 Å². The van der Waals surface area contributed by atoms with Gasteiger partial charge in [0.25, 0.3) is 0 Å². The number of unbranched alkanes of at least 4 members (excludes halogenated alkanes) is 1. The summed E-state index contributed by atoms with van der Waals surface area (Å²) in [5.74, 6) is 0.0894. The number of piperidine rings is 1. The second kappa shape index (κ2) is 8.12. The number of nitrogens with zero attached hydrogens (tertiary/aromatic N) is 2. The van der Waals surface area contributed by atoms with Gasteiger partial charge in [0, 0.05) is 32.6 Å². The maximum absolute atomic E-state index is 12.8. The van der Waals surface area contributed by atoms with E-state index in [0.717, 1.165) is 24.9 Å². The van der Waals surface area contributed by atoms with Crippen molar-refractivity contribution in [2.24, 2.45) is 5.92 Å². The monoisotopic (exact) mass is 352 g/mol. The second-order valence-corrected chi connectivity index (χ2v) is 8.46. The quantitative estimate of drug-likeness (QED) is 0.791. The fourth-order valence-corrected chi connectivity index (χ4v) is 4.84. The van der Waals surface area contributed by atoms with Gasteiger partial charge in [0.2, 0.25) is 15.9 Å².